The van der Waals surface area contributed by atoms with Crippen LogP contribution >= 0.6 is 11.6 Å². The van der Waals surface area contributed by atoms with E-state index in [-0.39, 0.29) is 16.5 Å². The van der Waals surface area contributed by atoms with Crippen molar-refractivity contribution in [1.82, 2.24) is 4.72 Å². The highest BCUT2D eigenvalue weighted by atomic mass is 35.5. The van der Waals surface area contributed by atoms with E-state index in [1.165, 1.54) is 6.07 Å². The van der Waals surface area contributed by atoms with Crippen LogP contribution in [0.25, 0.3) is 0 Å². The van der Waals surface area contributed by atoms with E-state index >= 15 is 0 Å². The van der Waals surface area contributed by atoms with E-state index in [1.807, 2.05) is 24.3 Å². The Morgan fingerprint density at radius 1 is 1.00 bits per heavy atom. The molecule has 0 radical (unpaired) electrons. The summed E-state index contributed by atoms with van der Waals surface area (Å²) in [7, 11) is -3.61. The molecule has 4 nitrogen and oxygen atoms in total. The van der Waals surface area contributed by atoms with Crippen LogP contribution in [0.4, 0.5) is 0 Å². The molecule has 0 spiro atoms. The highest BCUT2D eigenvalue weighted by Gasteiger charge is 2.16. The molecule has 3 N–H and O–H groups in total. The van der Waals surface area contributed by atoms with Gasteiger partial charge in [0.1, 0.15) is 4.90 Å². The lowest BCUT2D eigenvalue weighted by molar-refractivity contribution is 0.581. The fourth-order valence-electron chi connectivity index (χ4n) is 1.91. The van der Waals surface area contributed by atoms with Gasteiger partial charge in [0, 0.05) is 6.54 Å². The van der Waals surface area contributed by atoms with E-state index in [0.29, 0.717) is 6.54 Å². The second-order valence-corrected chi connectivity index (χ2v) is 6.75. The van der Waals surface area contributed by atoms with Gasteiger partial charge in [-0.3, -0.25) is 0 Å². The monoisotopic (exact) mass is 324 g/mol. The largest absolute Gasteiger partial charge is 0.330 e. The summed E-state index contributed by atoms with van der Waals surface area (Å²) in [6.07, 6.45) is 0.811. The molecule has 0 aliphatic carbocycles. The van der Waals surface area contributed by atoms with Crippen molar-refractivity contribution in [3.05, 3.63) is 64.7 Å². The van der Waals surface area contributed by atoms with Crippen molar-refractivity contribution in [1.29, 1.82) is 0 Å². The predicted octanol–water partition coefficient (Wildman–Crippen LogP) is 2.32. The van der Waals surface area contributed by atoms with Gasteiger partial charge in [-0.1, -0.05) is 48.0 Å². The van der Waals surface area contributed by atoms with Crippen molar-refractivity contribution in [3.63, 3.8) is 0 Å². The van der Waals surface area contributed by atoms with Crippen molar-refractivity contribution >= 4 is 21.6 Å². The number of sulfonamides is 1. The molecule has 0 aliphatic rings. The number of nitrogens with two attached hydrogens (primary N) is 1. The van der Waals surface area contributed by atoms with Gasteiger partial charge in [-0.25, -0.2) is 13.1 Å². The summed E-state index contributed by atoms with van der Waals surface area (Å²) in [5.41, 5.74) is 7.50. The zero-order chi connectivity index (χ0) is 15.3. The van der Waals surface area contributed by atoms with Crippen LogP contribution in [-0.2, 0) is 23.0 Å². The number of hydrogen-bond acceptors (Lipinski definition) is 3. The molecule has 6 heteroatoms. The Morgan fingerprint density at radius 2 is 1.62 bits per heavy atom. The lowest BCUT2D eigenvalue weighted by atomic mass is 10.1. The van der Waals surface area contributed by atoms with Crippen LogP contribution in [-0.4, -0.2) is 15.0 Å². The van der Waals surface area contributed by atoms with Gasteiger partial charge in [0.25, 0.3) is 0 Å². The molecule has 2 aromatic rings. The lowest BCUT2D eigenvalue weighted by Crippen LogP contribution is -2.23. The van der Waals surface area contributed by atoms with Gasteiger partial charge in [0.05, 0.1) is 5.02 Å². The van der Waals surface area contributed by atoms with Gasteiger partial charge in [0.2, 0.25) is 10.0 Å². The number of rotatable bonds is 6. The molecule has 0 amide bonds. The molecule has 112 valence electrons. The predicted molar refractivity (Wildman–Crippen MR) is 84.7 cm³/mol. The normalized spacial score (nSPS) is 11.5. The van der Waals surface area contributed by atoms with Crippen LogP contribution in [0.1, 0.15) is 11.1 Å². The first-order valence-corrected chi connectivity index (χ1v) is 8.41. The molecule has 0 saturated heterocycles. The number of hydrogen-bond donors (Lipinski definition) is 2. The summed E-state index contributed by atoms with van der Waals surface area (Å²) in [5.74, 6) is 0. The lowest BCUT2D eigenvalue weighted by Gasteiger charge is -2.08. The van der Waals surface area contributed by atoms with Crippen LogP contribution in [0, 0.1) is 0 Å². The smallest absolute Gasteiger partial charge is 0.242 e. The Kier molecular flexibility index (Phi) is 5.36. The molecule has 0 atom stereocenters. The van der Waals surface area contributed by atoms with Gasteiger partial charge in [-0.2, -0.15) is 0 Å². The summed E-state index contributed by atoms with van der Waals surface area (Å²) in [4.78, 5) is 0.0893. The van der Waals surface area contributed by atoms with Gasteiger partial charge in [0.15, 0.2) is 0 Å². The Morgan fingerprint density at radius 3 is 2.24 bits per heavy atom. The average Bonchev–Trinajstić information content (AvgIpc) is 2.47. The average molecular weight is 325 g/mol. The highest BCUT2D eigenvalue weighted by Crippen LogP contribution is 2.20. The fraction of sp³-hybridized carbons (Fsp3) is 0.200. The van der Waals surface area contributed by atoms with Crippen LogP contribution < -0.4 is 10.5 Å². The van der Waals surface area contributed by atoms with Crippen molar-refractivity contribution in [2.24, 2.45) is 5.73 Å². The van der Waals surface area contributed by atoms with Crippen LogP contribution in [0.3, 0.4) is 0 Å². The summed E-state index contributed by atoms with van der Waals surface area (Å²) in [5, 5.41) is 0.211. The summed E-state index contributed by atoms with van der Waals surface area (Å²) in [6, 6.07) is 14.0. The van der Waals surface area contributed by atoms with Gasteiger partial charge >= 0.3 is 0 Å². The molecule has 0 fully saturated rings. The minimum atomic E-state index is -3.61. The fourth-order valence-corrected chi connectivity index (χ4v) is 3.44. The van der Waals surface area contributed by atoms with Crippen LogP contribution in [0.15, 0.2) is 53.4 Å². The maximum Gasteiger partial charge on any atom is 0.242 e. The van der Waals surface area contributed by atoms with Crippen molar-refractivity contribution in [2.75, 3.05) is 6.54 Å². The number of benzene rings is 2. The first kappa shape index (κ1) is 16.0. The highest BCUT2D eigenvalue weighted by molar-refractivity contribution is 7.89. The molecule has 0 heterocycles. The first-order chi connectivity index (χ1) is 10.0. The number of nitrogens with one attached hydrogen (secondary N) is 1. The third kappa shape index (κ3) is 4.28. The molecule has 2 rings (SSSR count). The zero-order valence-electron chi connectivity index (χ0n) is 11.4. The summed E-state index contributed by atoms with van der Waals surface area (Å²) >= 11 is 5.92. The Bertz CT molecular complexity index is 700. The molecule has 21 heavy (non-hydrogen) atoms. The van der Waals surface area contributed by atoms with Crippen molar-refractivity contribution < 1.29 is 8.42 Å². The van der Waals surface area contributed by atoms with E-state index < -0.39 is 10.0 Å². The Balaban J connectivity index is 2.07. The molecular formula is C15H17ClN2O2S. The maximum absolute atomic E-state index is 12.2. The van der Waals surface area contributed by atoms with E-state index in [4.69, 9.17) is 17.3 Å². The summed E-state index contributed by atoms with van der Waals surface area (Å²) < 4.78 is 26.9. The van der Waals surface area contributed by atoms with E-state index in [9.17, 15) is 8.42 Å². The third-order valence-corrected chi connectivity index (χ3v) is 4.95. The number of halogens is 1. The van der Waals surface area contributed by atoms with E-state index in [1.54, 1.807) is 18.2 Å². The van der Waals surface area contributed by atoms with Crippen LogP contribution in [0.2, 0.25) is 5.02 Å². The van der Waals surface area contributed by atoms with Crippen molar-refractivity contribution in [3.8, 4) is 0 Å². The summed E-state index contributed by atoms with van der Waals surface area (Å²) in [6.45, 7) is 0.814. The standard InChI is InChI=1S/C15H17ClN2O2S/c16-14-3-1-2-4-15(14)21(19,20)18-11-13-7-5-12(6-8-13)9-10-17/h1-8,18H,9-11,17H2. The van der Waals surface area contributed by atoms with Crippen molar-refractivity contribution in [2.45, 2.75) is 17.9 Å². The molecule has 0 bridgehead atoms. The Labute approximate surface area is 130 Å². The molecular weight excluding hydrogens is 308 g/mol. The first-order valence-electron chi connectivity index (χ1n) is 6.55. The second kappa shape index (κ2) is 7.04. The molecule has 0 aliphatic heterocycles. The SMILES string of the molecule is NCCc1ccc(CNS(=O)(=O)c2ccccc2Cl)cc1. The molecule has 2 aromatic carbocycles. The molecule has 0 saturated carbocycles. The van der Waals surface area contributed by atoms with Gasteiger partial charge in [-0.15, -0.1) is 0 Å². The van der Waals surface area contributed by atoms with Gasteiger partial charge in [-0.05, 0) is 36.2 Å². The molecule has 0 aromatic heterocycles. The van der Waals surface area contributed by atoms with Gasteiger partial charge < -0.3 is 5.73 Å². The Hall–Kier alpha value is -1.40. The molecule has 0 unspecified atom stereocenters. The zero-order valence-corrected chi connectivity index (χ0v) is 13.0. The maximum atomic E-state index is 12.2. The van der Waals surface area contributed by atoms with Crippen LogP contribution in [0.5, 0.6) is 0 Å². The quantitative estimate of drug-likeness (QED) is 0.856. The van der Waals surface area contributed by atoms with E-state index in [2.05, 4.69) is 4.72 Å². The topological polar surface area (TPSA) is 72.2 Å². The second-order valence-electron chi connectivity index (χ2n) is 4.61. The minimum absolute atomic E-state index is 0.0893. The van der Waals surface area contributed by atoms with E-state index in [0.717, 1.165) is 17.5 Å². The third-order valence-electron chi connectivity index (χ3n) is 3.05. The minimum Gasteiger partial charge on any atom is -0.330 e.